The second-order valence-electron chi connectivity index (χ2n) is 4.44. The molecule has 0 radical (unpaired) electrons. The minimum atomic E-state index is -4.35. The van der Waals surface area contributed by atoms with Crippen LogP contribution in [0.3, 0.4) is 0 Å². The number of pyridine rings is 1. The van der Waals surface area contributed by atoms with Crippen LogP contribution in [-0.2, 0) is 6.18 Å². The van der Waals surface area contributed by atoms with E-state index in [-0.39, 0.29) is 12.0 Å². The summed E-state index contributed by atoms with van der Waals surface area (Å²) in [7, 11) is 0. The van der Waals surface area contributed by atoms with Crippen LogP contribution in [0.1, 0.15) is 18.4 Å². The average molecular weight is 246 g/mol. The SMILES string of the molecule is OCC1(CNc2ccc(C(F)(F)F)cn2)CC1. The Morgan fingerprint density at radius 1 is 1.35 bits per heavy atom. The minimum absolute atomic E-state index is 0.0929. The summed E-state index contributed by atoms with van der Waals surface area (Å²) in [6.45, 7) is 0.641. The van der Waals surface area contributed by atoms with Gasteiger partial charge in [0.15, 0.2) is 0 Å². The highest BCUT2D eigenvalue weighted by Crippen LogP contribution is 2.44. The lowest BCUT2D eigenvalue weighted by Gasteiger charge is -2.13. The highest BCUT2D eigenvalue weighted by molar-refractivity contribution is 5.36. The number of halogens is 3. The van der Waals surface area contributed by atoms with Crippen molar-refractivity contribution in [2.75, 3.05) is 18.5 Å². The minimum Gasteiger partial charge on any atom is -0.396 e. The van der Waals surface area contributed by atoms with Gasteiger partial charge in [0.2, 0.25) is 0 Å². The third-order valence-electron chi connectivity index (χ3n) is 3.03. The van der Waals surface area contributed by atoms with Crippen LogP contribution in [0.5, 0.6) is 0 Å². The summed E-state index contributed by atoms with van der Waals surface area (Å²) in [5, 5.41) is 12.0. The van der Waals surface area contributed by atoms with Gasteiger partial charge in [-0.25, -0.2) is 4.98 Å². The van der Waals surface area contributed by atoms with Gasteiger partial charge in [-0.1, -0.05) is 0 Å². The Balaban J connectivity index is 1.94. The van der Waals surface area contributed by atoms with Crippen molar-refractivity contribution in [1.82, 2.24) is 4.98 Å². The first-order chi connectivity index (χ1) is 7.95. The van der Waals surface area contributed by atoms with Gasteiger partial charge in [0.1, 0.15) is 5.82 Å². The van der Waals surface area contributed by atoms with Crippen molar-refractivity contribution in [3.8, 4) is 0 Å². The van der Waals surface area contributed by atoms with Crippen LogP contribution in [0.25, 0.3) is 0 Å². The van der Waals surface area contributed by atoms with Crippen molar-refractivity contribution < 1.29 is 18.3 Å². The lowest BCUT2D eigenvalue weighted by molar-refractivity contribution is -0.137. The molecular formula is C11H13F3N2O. The van der Waals surface area contributed by atoms with Crippen LogP contribution in [-0.4, -0.2) is 23.2 Å². The maximum absolute atomic E-state index is 12.3. The number of nitrogens with zero attached hydrogens (tertiary/aromatic N) is 1. The lowest BCUT2D eigenvalue weighted by Crippen LogP contribution is -2.19. The number of nitrogens with one attached hydrogen (secondary N) is 1. The van der Waals surface area contributed by atoms with Crippen LogP contribution >= 0.6 is 0 Å². The molecule has 0 amide bonds. The molecular weight excluding hydrogens is 233 g/mol. The van der Waals surface area contributed by atoms with E-state index < -0.39 is 11.7 Å². The van der Waals surface area contributed by atoms with Gasteiger partial charge in [0.25, 0.3) is 0 Å². The Labute approximate surface area is 96.7 Å². The maximum Gasteiger partial charge on any atom is 0.417 e. The Bertz CT molecular complexity index is 385. The van der Waals surface area contributed by atoms with Gasteiger partial charge < -0.3 is 10.4 Å². The number of rotatable bonds is 4. The number of aliphatic hydroxyl groups is 1. The number of aliphatic hydroxyl groups excluding tert-OH is 1. The summed E-state index contributed by atoms with van der Waals surface area (Å²) in [4.78, 5) is 3.70. The molecule has 6 heteroatoms. The zero-order valence-electron chi connectivity index (χ0n) is 9.09. The van der Waals surface area contributed by atoms with Gasteiger partial charge in [-0.3, -0.25) is 0 Å². The molecule has 0 aromatic carbocycles. The molecule has 0 atom stereocenters. The van der Waals surface area contributed by atoms with E-state index in [0.29, 0.717) is 12.4 Å². The second-order valence-corrected chi connectivity index (χ2v) is 4.44. The van der Waals surface area contributed by atoms with Crippen LogP contribution in [0.4, 0.5) is 19.0 Å². The van der Waals surface area contributed by atoms with Crippen molar-refractivity contribution in [3.05, 3.63) is 23.9 Å². The monoisotopic (exact) mass is 246 g/mol. The summed E-state index contributed by atoms with van der Waals surface area (Å²) < 4.78 is 36.8. The van der Waals surface area contributed by atoms with Gasteiger partial charge in [-0.2, -0.15) is 13.2 Å². The van der Waals surface area contributed by atoms with Crippen molar-refractivity contribution in [2.24, 2.45) is 5.41 Å². The smallest absolute Gasteiger partial charge is 0.396 e. The van der Waals surface area contributed by atoms with E-state index in [4.69, 9.17) is 5.11 Å². The summed E-state index contributed by atoms with van der Waals surface area (Å²) in [6.07, 6.45) is -1.66. The van der Waals surface area contributed by atoms with Crippen molar-refractivity contribution in [3.63, 3.8) is 0 Å². The molecule has 0 bridgehead atoms. The largest absolute Gasteiger partial charge is 0.417 e. The van der Waals surface area contributed by atoms with Gasteiger partial charge in [-0.15, -0.1) is 0 Å². The Morgan fingerprint density at radius 3 is 2.47 bits per heavy atom. The molecule has 0 unspecified atom stereocenters. The van der Waals surface area contributed by atoms with E-state index in [1.165, 1.54) is 6.07 Å². The molecule has 1 aliphatic carbocycles. The van der Waals surface area contributed by atoms with Crippen LogP contribution in [0, 0.1) is 5.41 Å². The third kappa shape index (κ3) is 2.88. The lowest BCUT2D eigenvalue weighted by atomic mass is 10.1. The topological polar surface area (TPSA) is 45.1 Å². The molecule has 3 nitrogen and oxygen atoms in total. The normalized spacial score (nSPS) is 17.9. The fraction of sp³-hybridized carbons (Fsp3) is 0.545. The second kappa shape index (κ2) is 4.18. The molecule has 1 saturated carbocycles. The first kappa shape index (κ1) is 12.2. The fourth-order valence-electron chi connectivity index (χ4n) is 1.51. The van der Waals surface area contributed by atoms with Crippen LogP contribution < -0.4 is 5.32 Å². The third-order valence-corrected chi connectivity index (χ3v) is 3.03. The predicted octanol–water partition coefficient (Wildman–Crippen LogP) is 2.28. The van der Waals surface area contributed by atoms with E-state index in [0.717, 1.165) is 25.1 Å². The highest BCUT2D eigenvalue weighted by atomic mass is 19.4. The maximum atomic E-state index is 12.3. The fourth-order valence-corrected chi connectivity index (χ4v) is 1.51. The van der Waals surface area contributed by atoms with E-state index in [1.54, 1.807) is 0 Å². The molecule has 1 aromatic rings. The van der Waals surface area contributed by atoms with Crippen molar-refractivity contribution >= 4 is 5.82 Å². The number of hydrogen-bond donors (Lipinski definition) is 2. The van der Waals surface area contributed by atoms with E-state index >= 15 is 0 Å². The molecule has 0 aliphatic heterocycles. The van der Waals surface area contributed by atoms with Crippen molar-refractivity contribution in [1.29, 1.82) is 0 Å². The Hall–Kier alpha value is -1.30. The summed E-state index contributed by atoms with van der Waals surface area (Å²) in [5.74, 6) is 0.401. The molecule has 1 aromatic heterocycles. The molecule has 94 valence electrons. The molecule has 0 spiro atoms. The number of hydrogen-bond acceptors (Lipinski definition) is 3. The molecule has 17 heavy (non-hydrogen) atoms. The molecule has 2 rings (SSSR count). The van der Waals surface area contributed by atoms with E-state index in [2.05, 4.69) is 10.3 Å². The summed E-state index contributed by atoms with van der Waals surface area (Å²) in [6, 6.07) is 2.30. The highest BCUT2D eigenvalue weighted by Gasteiger charge is 2.41. The molecule has 1 heterocycles. The van der Waals surface area contributed by atoms with Gasteiger partial charge in [-0.05, 0) is 25.0 Å². The summed E-state index contributed by atoms with van der Waals surface area (Å²) in [5.41, 5.74) is -0.851. The van der Waals surface area contributed by atoms with E-state index in [9.17, 15) is 13.2 Å². The standard InChI is InChI=1S/C11H13F3N2O/c12-11(13,14)8-1-2-9(15-5-8)16-6-10(7-17)3-4-10/h1-2,5,17H,3-4,6-7H2,(H,15,16). The Kier molecular flexibility index (Phi) is 2.99. The molecule has 1 fully saturated rings. The zero-order chi connectivity index (χ0) is 12.5. The number of aromatic nitrogens is 1. The van der Waals surface area contributed by atoms with Crippen molar-refractivity contribution in [2.45, 2.75) is 19.0 Å². The van der Waals surface area contributed by atoms with E-state index in [1.807, 2.05) is 0 Å². The first-order valence-electron chi connectivity index (χ1n) is 5.33. The van der Waals surface area contributed by atoms with Crippen LogP contribution in [0.15, 0.2) is 18.3 Å². The predicted molar refractivity (Wildman–Crippen MR) is 56.5 cm³/mol. The molecule has 0 saturated heterocycles. The quantitative estimate of drug-likeness (QED) is 0.856. The first-order valence-corrected chi connectivity index (χ1v) is 5.33. The van der Waals surface area contributed by atoms with Gasteiger partial charge in [0, 0.05) is 18.2 Å². The number of alkyl halides is 3. The molecule has 2 N–H and O–H groups in total. The number of anilines is 1. The average Bonchev–Trinajstić information content (AvgIpc) is 3.06. The van der Waals surface area contributed by atoms with Gasteiger partial charge >= 0.3 is 6.18 Å². The molecule has 1 aliphatic rings. The Morgan fingerprint density at radius 2 is 2.06 bits per heavy atom. The summed E-state index contributed by atoms with van der Waals surface area (Å²) >= 11 is 0. The van der Waals surface area contributed by atoms with Crippen LogP contribution in [0.2, 0.25) is 0 Å². The zero-order valence-corrected chi connectivity index (χ0v) is 9.09. The van der Waals surface area contributed by atoms with Gasteiger partial charge in [0.05, 0.1) is 12.2 Å².